The van der Waals surface area contributed by atoms with Gasteiger partial charge in [0.2, 0.25) is 5.91 Å². The summed E-state index contributed by atoms with van der Waals surface area (Å²) in [6.07, 6.45) is 0.499. The Balaban J connectivity index is 3.38. The van der Waals surface area contributed by atoms with E-state index in [1.807, 2.05) is 0 Å². The van der Waals surface area contributed by atoms with E-state index in [1.54, 1.807) is 0 Å². The maximum absolute atomic E-state index is 10.7. The molecular weight excluding hydrogens is 212 g/mol. The van der Waals surface area contributed by atoms with Gasteiger partial charge in [-0.15, -0.1) is 0 Å². The number of hydrogen-bond donors (Lipinski definition) is 2. The minimum Gasteiger partial charge on any atom is -0.344 e. The summed E-state index contributed by atoms with van der Waals surface area (Å²) >= 11 is 3.00. The van der Waals surface area contributed by atoms with Gasteiger partial charge in [0.05, 0.1) is 12.0 Å². The molecule has 0 rings (SSSR count). The van der Waals surface area contributed by atoms with Gasteiger partial charge in [-0.1, -0.05) is 15.9 Å². The molecule has 0 aromatic rings. The molecule has 3 N–H and O–H groups in total. The number of carbonyl (C=O) groups excluding carboxylic acids is 2. The fraction of sp³-hybridized carbons (Fsp3) is 0.667. The van der Waals surface area contributed by atoms with Crippen LogP contribution in [0.2, 0.25) is 0 Å². The third-order valence-corrected chi connectivity index (χ3v) is 1.70. The van der Waals surface area contributed by atoms with E-state index < -0.39 is 0 Å². The lowest BCUT2D eigenvalue weighted by molar-refractivity contribution is -0.124. The summed E-state index contributed by atoms with van der Waals surface area (Å²) in [6, 6.07) is 0. The molecule has 0 atom stereocenters. The van der Waals surface area contributed by atoms with Crippen LogP contribution < -0.4 is 11.1 Å². The fourth-order valence-electron chi connectivity index (χ4n) is 0.522. The topological polar surface area (TPSA) is 72.2 Å². The molecule has 11 heavy (non-hydrogen) atoms. The summed E-state index contributed by atoms with van der Waals surface area (Å²) in [5, 5.41) is 2.70. The molecule has 1 amide bonds. The molecule has 0 fully saturated rings. The summed E-state index contributed by atoms with van der Waals surface area (Å²) in [7, 11) is 0. The molecule has 0 aliphatic heterocycles. The van der Waals surface area contributed by atoms with Crippen molar-refractivity contribution in [1.82, 2.24) is 5.32 Å². The number of rotatable bonds is 5. The quantitative estimate of drug-likeness (QED) is 0.499. The molecule has 0 aliphatic carbocycles. The number of ketones is 1. The predicted molar refractivity (Wildman–Crippen MR) is 45.2 cm³/mol. The Bertz CT molecular complexity index is 150. The van der Waals surface area contributed by atoms with Gasteiger partial charge in [-0.2, -0.15) is 0 Å². The molecule has 0 heterocycles. The molecule has 4 nitrogen and oxygen atoms in total. The number of nitrogens with two attached hydrogens (primary N) is 1. The lowest BCUT2D eigenvalue weighted by Gasteiger charge is -1.99. The van der Waals surface area contributed by atoms with Crippen LogP contribution in [0.5, 0.6) is 0 Å². The number of carbonyl (C=O) groups is 2. The van der Waals surface area contributed by atoms with Gasteiger partial charge in [0.25, 0.3) is 0 Å². The average molecular weight is 223 g/mol. The van der Waals surface area contributed by atoms with Gasteiger partial charge < -0.3 is 11.1 Å². The molecule has 5 heteroatoms. The summed E-state index contributed by atoms with van der Waals surface area (Å²) in [4.78, 5) is 21.4. The van der Waals surface area contributed by atoms with Gasteiger partial charge in [0, 0.05) is 12.8 Å². The summed E-state index contributed by atoms with van der Waals surface area (Å²) in [6.45, 7) is 0.126. The van der Waals surface area contributed by atoms with Crippen LogP contribution in [0.25, 0.3) is 0 Å². The first-order valence-corrected chi connectivity index (χ1v) is 4.37. The van der Waals surface area contributed by atoms with Crippen LogP contribution in [0, 0.1) is 0 Å². The second-order valence-electron chi connectivity index (χ2n) is 1.98. The molecule has 0 aromatic carbocycles. The van der Waals surface area contributed by atoms with Crippen molar-refractivity contribution in [3.8, 4) is 0 Å². The number of amides is 1. The molecule has 0 bridgehead atoms. The molecule has 0 radical (unpaired) electrons. The predicted octanol–water partition coefficient (Wildman–Crippen LogP) is -0.237. The zero-order valence-electron chi connectivity index (χ0n) is 6.10. The fourth-order valence-corrected chi connectivity index (χ4v) is 0.802. The van der Waals surface area contributed by atoms with Crippen LogP contribution in [0.1, 0.15) is 12.8 Å². The van der Waals surface area contributed by atoms with Crippen molar-refractivity contribution in [3.63, 3.8) is 0 Å². The third-order valence-electron chi connectivity index (χ3n) is 1.08. The van der Waals surface area contributed by atoms with E-state index in [-0.39, 0.29) is 31.2 Å². The van der Waals surface area contributed by atoms with Crippen molar-refractivity contribution in [2.24, 2.45) is 5.73 Å². The lowest BCUT2D eigenvalue weighted by atomic mass is 10.2. The Morgan fingerprint density at radius 2 is 2.00 bits per heavy atom. The van der Waals surface area contributed by atoms with Gasteiger partial charge in [-0.3, -0.25) is 9.59 Å². The standard InChI is InChI=1S/C6H11BrN2O2/c7-3-5(10)1-2-6(11)9-4-8/h1-4,8H2,(H,9,11). The van der Waals surface area contributed by atoms with Crippen molar-refractivity contribution < 1.29 is 9.59 Å². The van der Waals surface area contributed by atoms with Crippen molar-refractivity contribution >= 4 is 27.6 Å². The molecule has 0 spiro atoms. The SMILES string of the molecule is NCNC(=O)CCC(=O)CBr. The highest BCUT2D eigenvalue weighted by Crippen LogP contribution is 1.93. The summed E-state index contributed by atoms with van der Waals surface area (Å²) in [5.74, 6) is -0.154. The van der Waals surface area contributed by atoms with Gasteiger partial charge in [-0.25, -0.2) is 0 Å². The maximum atomic E-state index is 10.7. The van der Waals surface area contributed by atoms with Crippen LogP contribution in [0.3, 0.4) is 0 Å². The van der Waals surface area contributed by atoms with Gasteiger partial charge >= 0.3 is 0 Å². The summed E-state index contributed by atoms with van der Waals surface area (Å²) in [5.41, 5.74) is 5.04. The van der Waals surface area contributed by atoms with E-state index in [2.05, 4.69) is 21.2 Å². The van der Waals surface area contributed by atoms with Crippen molar-refractivity contribution in [2.75, 3.05) is 12.0 Å². The van der Waals surface area contributed by atoms with E-state index in [0.29, 0.717) is 5.33 Å². The minimum absolute atomic E-state index is 0.0252. The molecule has 0 aliphatic rings. The Morgan fingerprint density at radius 1 is 1.36 bits per heavy atom. The zero-order valence-corrected chi connectivity index (χ0v) is 7.69. The Labute approximate surface area is 73.6 Å². The first-order valence-electron chi connectivity index (χ1n) is 3.25. The van der Waals surface area contributed by atoms with E-state index in [4.69, 9.17) is 5.73 Å². The Kier molecular flexibility index (Phi) is 6.06. The number of hydrogen-bond acceptors (Lipinski definition) is 3. The first-order chi connectivity index (χ1) is 5.20. The molecule has 0 saturated heterocycles. The maximum Gasteiger partial charge on any atom is 0.221 e. The normalized spacial score (nSPS) is 9.27. The van der Waals surface area contributed by atoms with Crippen LogP contribution in [0.4, 0.5) is 0 Å². The zero-order chi connectivity index (χ0) is 8.69. The molecular formula is C6H11BrN2O2. The van der Waals surface area contributed by atoms with Crippen LogP contribution in [0.15, 0.2) is 0 Å². The molecule has 0 unspecified atom stereocenters. The second kappa shape index (κ2) is 6.30. The molecule has 0 aromatic heterocycles. The smallest absolute Gasteiger partial charge is 0.221 e. The molecule has 64 valence electrons. The number of Topliss-reactive ketones (excluding diaryl/α,β-unsaturated/α-hetero) is 1. The monoisotopic (exact) mass is 222 g/mol. The summed E-state index contributed by atoms with van der Waals surface area (Å²) < 4.78 is 0. The van der Waals surface area contributed by atoms with Crippen LogP contribution in [-0.4, -0.2) is 23.7 Å². The van der Waals surface area contributed by atoms with E-state index in [1.165, 1.54) is 0 Å². The van der Waals surface area contributed by atoms with Crippen molar-refractivity contribution in [2.45, 2.75) is 12.8 Å². The largest absolute Gasteiger partial charge is 0.344 e. The van der Waals surface area contributed by atoms with Gasteiger partial charge in [0.15, 0.2) is 0 Å². The highest BCUT2D eigenvalue weighted by atomic mass is 79.9. The van der Waals surface area contributed by atoms with E-state index in [0.717, 1.165) is 0 Å². The minimum atomic E-state index is -0.179. The third kappa shape index (κ3) is 6.00. The average Bonchev–Trinajstić information content (AvgIpc) is 2.01. The highest BCUT2D eigenvalue weighted by Gasteiger charge is 2.03. The lowest BCUT2D eigenvalue weighted by Crippen LogP contribution is -2.29. The number of halogens is 1. The second-order valence-corrected chi connectivity index (χ2v) is 2.54. The first kappa shape index (κ1) is 10.6. The van der Waals surface area contributed by atoms with Crippen LogP contribution >= 0.6 is 15.9 Å². The van der Waals surface area contributed by atoms with E-state index >= 15 is 0 Å². The van der Waals surface area contributed by atoms with Gasteiger partial charge in [-0.05, 0) is 0 Å². The number of alkyl halides is 1. The van der Waals surface area contributed by atoms with E-state index in [9.17, 15) is 9.59 Å². The Hall–Kier alpha value is -0.420. The highest BCUT2D eigenvalue weighted by molar-refractivity contribution is 9.09. The number of nitrogens with one attached hydrogen (secondary N) is 1. The molecule has 0 saturated carbocycles. The van der Waals surface area contributed by atoms with Crippen molar-refractivity contribution in [1.29, 1.82) is 0 Å². The van der Waals surface area contributed by atoms with Gasteiger partial charge in [0.1, 0.15) is 5.78 Å². The van der Waals surface area contributed by atoms with Crippen LogP contribution in [-0.2, 0) is 9.59 Å². The van der Waals surface area contributed by atoms with Crippen molar-refractivity contribution in [3.05, 3.63) is 0 Å². The Morgan fingerprint density at radius 3 is 2.45 bits per heavy atom.